The average Bonchev–Trinajstić information content (AvgIpc) is 2.48. The fourth-order valence-corrected chi connectivity index (χ4v) is 2.58. The van der Waals surface area contributed by atoms with E-state index in [1.807, 2.05) is 30.3 Å². The highest BCUT2D eigenvalue weighted by molar-refractivity contribution is 9.10. The minimum atomic E-state index is -0.119. The van der Waals surface area contributed by atoms with Crippen molar-refractivity contribution in [2.24, 2.45) is 5.92 Å². The SMILES string of the molecule is CC(C)C(NC(=O)c1ccc(Br)c(Cl)c1)c1ccccc1. The molecular weight excluding hydrogens is 350 g/mol. The van der Waals surface area contributed by atoms with Gasteiger partial charge in [-0.3, -0.25) is 4.79 Å². The first-order valence-electron chi connectivity index (χ1n) is 6.80. The molecule has 0 spiro atoms. The van der Waals surface area contributed by atoms with E-state index in [4.69, 9.17) is 11.6 Å². The van der Waals surface area contributed by atoms with E-state index in [0.717, 1.165) is 10.0 Å². The van der Waals surface area contributed by atoms with Crippen molar-refractivity contribution in [2.45, 2.75) is 19.9 Å². The van der Waals surface area contributed by atoms with Gasteiger partial charge in [-0.15, -0.1) is 0 Å². The lowest BCUT2D eigenvalue weighted by molar-refractivity contribution is 0.0925. The second-order valence-electron chi connectivity index (χ2n) is 5.23. The maximum Gasteiger partial charge on any atom is 0.251 e. The third-order valence-electron chi connectivity index (χ3n) is 3.29. The molecule has 0 heterocycles. The molecule has 0 saturated carbocycles. The van der Waals surface area contributed by atoms with Crippen molar-refractivity contribution < 1.29 is 4.79 Å². The highest BCUT2D eigenvalue weighted by atomic mass is 79.9. The van der Waals surface area contributed by atoms with Gasteiger partial charge >= 0.3 is 0 Å². The molecule has 0 aliphatic rings. The van der Waals surface area contributed by atoms with Crippen molar-refractivity contribution in [3.8, 4) is 0 Å². The molecule has 110 valence electrons. The maximum atomic E-state index is 12.4. The Bertz CT molecular complexity index is 628. The first-order chi connectivity index (χ1) is 9.99. The second-order valence-corrected chi connectivity index (χ2v) is 6.50. The van der Waals surface area contributed by atoms with Crippen LogP contribution in [0.4, 0.5) is 0 Å². The summed E-state index contributed by atoms with van der Waals surface area (Å²) in [5.74, 6) is 0.175. The zero-order valence-corrected chi connectivity index (χ0v) is 14.3. The van der Waals surface area contributed by atoms with Crippen molar-refractivity contribution in [1.82, 2.24) is 5.32 Å². The largest absolute Gasteiger partial charge is 0.345 e. The lowest BCUT2D eigenvalue weighted by Crippen LogP contribution is -2.31. The standard InChI is InChI=1S/C17H17BrClNO/c1-11(2)16(12-6-4-3-5-7-12)20-17(21)13-8-9-14(18)15(19)10-13/h3-11,16H,1-2H3,(H,20,21). The van der Waals surface area contributed by atoms with E-state index in [9.17, 15) is 4.79 Å². The van der Waals surface area contributed by atoms with Crippen molar-refractivity contribution in [3.63, 3.8) is 0 Å². The molecule has 0 radical (unpaired) electrons. The zero-order valence-electron chi connectivity index (χ0n) is 11.9. The molecule has 0 aliphatic heterocycles. The van der Waals surface area contributed by atoms with Gasteiger partial charge in [0.1, 0.15) is 0 Å². The Kier molecular flexibility index (Phi) is 5.43. The van der Waals surface area contributed by atoms with Gasteiger partial charge in [0.25, 0.3) is 5.91 Å². The van der Waals surface area contributed by atoms with Crippen LogP contribution < -0.4 is 5.32 Å². The van der Waals surface area contributed by atoms with E-state index >= 15 is 0 Å². The number of hydrogen-bond acceptors (Lipinski definition) is 1. The summed E-state index contributed by atoms with van der Waals surface area (Å²) in [4.78, 5) is 12.4. The van der Waals surface area contributed by atoms with E-state index in [0.29, 0.717) is 16.5 Å². The van der Waals surface area contributed by atoms with Crippen LogP contribution in [0.5, 0.6) is 0 Å². The summed E-state index contributed by atoms with van der Waals surface area (Å²) in [5, 5.41) is 3.61. The van der Waals surface area contributed by atoms with Gasteiger partial charge < -0.3 is 5.32 Å². The molecule has 1 amide bonds. The molecule has 4 heteroatoms. The monoisotopic (exact) mass is 365 g/mol. The molecule has 2 nitrogen and oxygen atoms in total. The fraction of sp³-hybridized carbons (Fsp3) is 0.235. The second kappa shape index (κ2) is 7.10. The van der Waals surface area contributed by atoms with Crippen molar-refractivity contribution >= 4 is 33.4 Å². The van der Waals surface area contributed by atoms with Crippen LogP contribution in [-0.2, 0) is 0 Å². The number of rotatable bonds is 4. The molecule has 1 atom stereocenters. The highest BCUT2D eigenvalue weighted by Crippen LogP contribution is 2.25. The summed E-state index contributed by atoms with van der Waals surface area (Å²) in [6.45, 7) is 4.18. The summed E-state index contributed by atoms with van der Waals surface area (Å²) in [6.07, 6.45) is 0. The molecule has 2 aromatic rings. The van der Waals surface area contributed by atoms with Gasteiger partial charge in [0.2, 0.25) is 0 Å². The molecule has 1 unspecified atom stereocenters. The van der Waals surface area contributed by atoms with Gasteiger partial charge in [0.15, 0.2) is 0 Å². The van der Waals surface area contributed by atoms with Crippen molar-refractivity contribution in [2.75, 3.05) is 0 Å². The van der Waals surface area contributed by atoms with Crippen LogP contribution in [0.25, 0.3) is 0 Å². The lowest BCUT2D eigenvalue weighted by atomic mass is 9.95. The van der Waals surface area contributed by atoms with Crippen molar-refractivity contribution in [1.29, 1.82) is 0 Å². The number of nitrogens with one attached hydrogen (secondary N) is 1. The Hall–Kier alpha value is -1.32. The summed E-state index contributed by atoms with van der Waals surface area (Å²) >= 11 is 9.37. The Balaban J connectivity index is 2.21. The quantitative estimate of drug-likeness (QED) is 0.788. The van der Waals surface area contributed by atoms with Crippen LogP contribution in [0.1, 0.15) is 35.8 Å². The summed E-state index contributed by atoms with van der Waals surface area (Å²) in [5.41, 5.74) is 1.66. The van der Waals surface area contributed by atoms with Gasteiger partial charge in [-0.05, 0) is 45.6 Å². The first-order valence-corrected chi connectivity index (χ1v) is 7.97. The zero-order chi connectivity index (χ0) is 15.4. The number of hydrogen-bond donors (Lipinski definition) is 1. The highest BCUT2D eigenvalue weighted by Gasteiger charge is 2.19. The first kappa shape index (κ1) is 16.1. The van der Waals surface area contributed by atoms with Gasteiger partial charge in [0.05, 0.1) is 11.1 Å². The lowest BCUT2D eigenvalue weighted by Gasteiger charge is -2.23. The molecule has 0 aliphatic carbocycles. The number of halogens is 2. The number of benzene rings is 2. The molecule has 1 N–H and O–H groups in total. The van der Waals surface area contributed by atoms with Crippen LogP contribution >= 0.6 is 27.5 Å². The Labute approximate surface area is 138 Å². The van der Waals surface area contributed by atoms with E-state index in [1.54, 1.807) is 18.2 Å². The topological polar surface area (TPSA) is 29.1 Å². The molecule has 0 aromatic heterocycles. The molecular formula is C17H17BrClNO. The van der Waals surface area contributed by atoms with Crippen LogP contribution in [0, 0.1) is 5.92 Å². The molecule has 2 aromatic carbocycles. The Morgan fingerprint density at radius 1 is 1.14 bits per heavy atom. The fourth-order valence-electron chi connectivity index (χ4n) is 2.16. The molecule has 0 fully saturated rings. The van der Waals surface area contributed by atoms with E-state index in [-0.39, 0.29) is 11.9 Å². The normalized spacial score (nSPS) is 12.2. The predicted molar refractivity (Wildman–Crippen MR) is 90.6 cm³/mol. The van der Waals surface area contributed by atoms with Gasteiger partial charge in [-0.2, -0.15) is 0 Å². The average molecular weight is 367 g/mol. The number of amides is 1. The molecule has 0 bridgehead atoms. The molecule has 21 heavy (non-hydrogen) atoms. The van der Waals surface area contributed by atoms with Crippen molar-refractivity contribution in [3.05, 3.63) is 69.2 Å². The molecule has 2 rings (SSSR count). The van der Waals surface area contributed by atoms with E-state index in [2.05, 4.69) is 35.1 Å². The van der Waals surface area contributed by atoms with Gasteiger partial charge in [-0.25, -0.2) is 0 Å². The van der Waals surface area contributed by atoms with Crippen LogP contribution in [0.3, 0.4) is 0 Å². The minimum Gasteiger partial charge on any atom is -0.345 e. The third kappa shape index (κ3) is 4.08. The summed E-state index contributed by atoms with van der Waals surface area (Å²) in [7, 11) is 0. The third-order valence-corrected chi connectivity index (χ3v) is 4.53. The summed E-state index contributed by atoms with van der Waals surface area (Å²) < 4.78 is 0.782. The number of carbonyl (C=O) groups is 1. The Morgan fingerprint density at radius 3 is 2.38 bits per heavy atom. The maximum absolute atomic E-state index is 12.4. The van der Waals surface area contributed by atoms with Gasteiger partial charge in [0, 0.05) is 10.0 Å². The summed E-state index contributed by atoms with van der Waals surface area (Å²) in [6, 6.07) is 15.2. The van der Waals surface area contributed by atoms with Crippen LogP contribution in [0.15, 0.2) is 53.0 Å². The van der Waals surface area contributed by atoms with E-state index in [1.165, 1.54) is 0 Å². The Morgan fingerprint density at radius 2 is 1.81 bits per heavy atom. The van der Waals surface area contributed by atoms with E-state index < -0.39 is 0 Å². The minimum absolute atomic E-state index is 0.0267. The van der Waals surface area contributed by atoms with Crippen LogP contribution in [-0.4, -0.2) is 5.91 Å². The smallest absolute Gasteiger partial charge is 0.251 e. The predicted octanol–water partition coefficient (Wildman–Crippen LogP) is 5.23. The van der Waals surface area contributed by atoms with Crippen LogP contribution in [0.2, 0.25) is 5.02 Å². The molecule has 0 saturated heterocycles. The number of carbonyl (C=O) groups excluding carboxylic acids is 1. The van der Waals surface area contributed by atoms with Gasteiger partial charge in [-0.1, -0.05) is 55.8 Å².